The van der Waals surface area contributed by atoms with E-state index in [0.29, 0.717) is 12.2 Å². The Labute approximate surface area is 115 Å². The lowest BCUT2D eigenvalue weighted by Gasteiger charge is -2.41. The van der Waals surface area contributed by atoms with Crippen LogP contribution >= 0.6 is 0 Å². The Hall–Kier alpha value is -1.13. The number of anilines is 1. The first kappa shape index (κ1) is 14.3. The van der Waals surface area contributed by atoms with Crippen molar-refractivity contribution in [2.45, 2.75) is 50.7 Å². The maximum Gasteiger partial charge on any atom is 0.123 e. The lowest BCUT2D eigenvalue weighted by molar-refractivity contribution is -0.127. The summed E-state index contributed by atoms with van der Waals surface area (Å²) in [4.78, 5) is 3.97. The predicted octanol–water partition coefficient (Wildman–Crippen LogP) is 2.16. The molecular weight excluding hydrogens is 240 g/mol. The molecule has 0 aromatic carbocycles. The number of hydrogen-bond acceptors (Lipinski definition) is 4. The summed E-state index contributed by atoms with van der Waals surface area (Å²) >= 11 is 0. The van der Waals surface area contributed by atoms with Crippen molar-refractivity contribution in [2.24, 2.45) is 5.92 Å². The normalized spacial score (nSPS) is 29.1. The van der Waals surface area contributed by atoms with Crippen LogP contribution in [0.4, 0.5) is 5.82 Å². The van der Waals surface area contributed by atoms with Gasteiger partial charge in [0.15, 0.2) is 0 Å². The van der Waals surface area contributed by atoms with Gasteiger partial charge >= 0.3 is 0 Å². The largest absolute Gasteiger partial charge is 0.390 e. The fourth-order valence-electron chi connectivity index (χ4n) is 2.95. The van der Waals surface area contributed by atoms with Gasteiger partial charge in [-0.05, 0) is 49.3 Å². The van der Waals surface area contributed by atoms with E-state index in [0.717, 1.165) is 37.2 Å². The van der Waals surface area contributed by atoms with E-state index >= 15 is 0 Å². The van der Waals surface area contributed by atoms with Gasteiger partial charge in [-0.3, -0.25) is 0 Å². The van der Waals surface area contributed by atoms with Gasteiger partial charge in [0.25, 0.3) is 0 Å². The summed E-state index contributed by atoms with van der Waals surface area (Å²) in [6, 6.07) is 3.71. The number of nitrogens with two attached hydrogens (primary N) is 1. The number of pyridine rings is 1. The minimum atomic E-state index is -0.494. The number of aliphatic hydroxyl groups is 1. The molecule has 0 bridgehead atoms. The Balaban J connectivity index is 2.06. The van der Waals surface area contributed by atoms with Crippen molar-refractivity contribution in [3.63, 3.8) is 0 Å². The van der Waals surface area contributed by atoms with Gasteiger partial charge in [-0.25, -0.2) is 4.98 Å². The summed E-state index contributed by atoms with van der Waals surface area (Å²) < 4.78 is 5.69. The zero-order chi connectivity index (χ0) is 13.9. The van der Waals surface area contributed by atoms with E-state index < -0.39 is 11.7 Å². The van der Waals surface area contributed by atoms with E-state index in [4.69, 9.17) is 10.5 Å². The van der Waals surface area contributed by atoms with E-state index in [-0.39, 0.29) is 0 Å². The monoisotopic (exact) mass is 264 g/mol. The lowest BCUT2D eigenvalue weighted by Crippen LogP contribution is -2.47. The number of aliphatic hydroxyl groups excluding tert-OH is 1. The molecule has 1 atom stereocenters. The maximum absolute atomic E-state index is 10.6. The highest BCUT2D eigenvalue weighted by Gasteiger charge is 2.40. The fraction of sp³-hybridized carbons (Fsp3) is 0.667. The quantitative estimate of drug-likeness (QED) is 0.874. The molecule has 4 nitrogen and oxygen atoms in total. The van der Waals surface area contributed by atoms with Crippen molar-refractivity contribution >= 4 is 5.82 Å². The van der Waals surface area contributed by atoms with Crippen molar-refractivity contribution in [1.29, 1.82) is 0 Å². The van der Waals surface area contributed by atoms with Gasteiger partial charge in [-0.15, -0.1) is 0 Å². The second kappa shape index (κ2) is 5.88. The van der Waals surface area contributed by atoms with E-state index in [9.17, 15) is 5.11 Å². The van der Waals surface area contributed by atoms with Crippen molar-refractivity contribution in [2.75, 3.05) is 12.8 Å². The van der Waals surface area contributed by atoms with Crippen LogP contribution < -0.4 is 5.73 Å². The number of rotatable bonds is 4. The molecule has 1 aromatic rings. The van der Waals surface area contributed by atoms with Gasteiger partial charge in [0.2, 0.25) is 0 Å². The lowest BCUT2D eigenvalue weighted by atomic mass is 9.75. The van der Waals surface area contributed by atoms with Crippen LogP contribution in [-0.4, -0.2) is 28.9 Å². The molecular formula is C15H24N2O2. The number of aromatic nitrogens is 1. The van der Waals surface area contributed by atoms with Crippen LogP contribution in [0.5, 0.6) is 0 Å². The SMILES string of the molecule is COC1(C(O)Cc2ccnc(N)c2)CCC(C)CC1. The van der Waals surface area contributed by atoms with Crippen molar-refractivity contribution in [3.05, 3.63) is 23.9 Å². The second-order valence-electron chi connectivity index (χ2n) is 5.76. The number of hydrogen-bond donors (Lipinski definition) is 2. The zero-order valence-electron chi connectivity index (χ0n) is 11.8. The van der Waals surface area contributed by atoms with Gasteiger partial charge in [-0.1, -0.05) is 6.92 Å². The van der Waals surface area contributed by atoms with E-state index in [1.807, 2.05) is 12.1 Å². The average molecular weight is 264 g/mol. The summed E-state index contributed by atoms with van der Waals surface area (Å²) in [6.45, 7) is 2.26. The Morgan fingerprint density at radius 1 is 1.53 bits per heavy atom. The molecule has 1 heterocycles. The van der Waals surface area contributed by atoms with Crippen molar-refractivity contribution in [1.82, 2.24) is 4.98 Å². The van der Waals surface area contributed by atoms with E-state index in [1.54, 1.807) is 13.3 Å². The molecule has 0 aliphatic heterocycles. The molecule has 19 heavy (non-hydrogen) atoms. The topological polar surface area (TPSA) is 68.4 Å². The van der Waals surface area contributed by atoms with Crippen molar-refractivity contribution < 1.29 is 9.84 Å². The third kappa shape index (κ3) is 3.25. The maximum atomic E-state index is 10.6. The highest BCUT2D eigenvalue weighted by molar-refractivity contribution is 5.32. The molecule has 3 N–H and O–H groups in total. The van der Waals surface area contributed by atoms with Gasteiger partial charge in [0.1, 0.15) is 5.82 Å². The second-order valence-corrected chi connectivity index (χ2v) is 5.76. The Morgan fingerprint density at radius 2 is 2.21 bits per heavy atom. The highest BCUT2D eigenvalue weighted by Crippen LogP contribution is 2.37. The molecule has 0 radical (unpaired) electrons. The van der Waals surface area contributed by atoms with Crippen molar-refractivity contribution in [3.8, 4) is 0 Å². The Kier molecular flexibility index (Phi) is 4.42. The fourth-order valence-corrected chi connectivity index (χ4v) is 2.95. The van der Waals surface area contributed by atoms with Gasteiger partial charge < -0.3 is 15.6 Å². The summed E-state index contributed by atoms with van der Waals surface area (Å²) in [6.07, 6.45) is 5.83. The summed E-state index contributed by atoms with van der Waals surface area (Å²) in [5.41, 5.74) is 6.28. The minimum absolute atomic E-state index is 0.398. The van der Waals surface area contributed by atoms with E-state index in [1.165, 1.54) is 0 Å². The number of methoxy groups -OCH3 is 1. The third-order valence-electron chi connectivity index (χ3n) is 4.41. The molecule has 1 fully saturated rings. The molecule has 1 aliphatic carbocycles. The molecule has 106 valence electrons. The van der Waals surface area contributed by atoms with Crippen LogP contribution in [0.15, 0.2) is 18.3 Å². The summed E-state index contributed by atoms with van der Waals surface area (Å²) in [5, 5.41) is 10.6. The smallest absolute Gasteiger partial charge is 0.123 e. The van der Waals surface area contributed by atoms with Crippen LogP contribution in [0.1, 0.15) is 38.2 Å². The average Bonchev–Trinajstić information content (AvgIpc) is 2.40. The van der Waals surface area contributed by atoms with Gasteiger partial charge in [0, 0.05) is 19.7 Å². The first-order chi connectivity index (χ1) is 9.05. The molecule has 1 aromatic heterocycles. The van der Waals surface area contributed by atoms with Crippen LogP contribution in [0.3, 0.4) is 0 Å². The van der Waals surface area contributed by atoms with Crippen LogP contribution in [0.2, 0.25) is 0 Å². The first-order valence-electron chi connectivity index (χ1n) is 6.99. The number of nitrogen functional groups attached to an aromatic ring is 1. The van der Waals surface area contributed by atoms with Crippen LogP contribution in [0, 0.1) is 5.92 Å². The van der Waals surface area contributed by atoms with Gasteiger partial charge in [0.05, 0.1) is 11.7 Å². The van der Waals surface area contributed by atoms with E-state index in [2.05, 4.69) is 11.9 Å². The molecule has 0 amide bonds. The molecule has 4 heteroatoms. The highest BCUT2D eigenvalue weighted by atomic mass is 16.5. The standard InChI is InChI=1S/C15H24N2O2/c1-11-3-6-15(19-2,7-4-11)13(18)9-12-5-8-17-14(16)10-12/h5,8,10-11,13,18H,3-4,6-7,9H2,1-2H3,(H2,16,17). The first-order valence-corrected chi connectivity index (χ1v) is 6.99. The van der Waals surface area contributed by atoms with Crippen LogP contribution in [-0.2, 0) is 11.2 Å². The molecule has 1 aliphatic rings. The Bertz CT molecular complexity index is 414. The predicted molar refractivity (Wildman–Crippen MR) is 75.7 cm³/mol. The third-order valence-corrected chi connectivity index (χ3v) is 4.41. The zero-order valence-corrected chi connectivity index (χ0v) is 11.8. The number of ether oxygens (including phenoxy) is 1. The molecule has 1 saturated carbocycles. The molecule has 0 spiro atoms. The number of nitrogens with zero attached hydrogens (tertiary/aromatic N) is 1. The van der Waals surface area contributed by atoms with Gasteiger partial charge in [-0.2, -0.15) is 0 Å². The summed E-state index contributed by atoms with van der Waals surface area (Å²) in [5.74, 6) is 1.22. The van der Waals surface area contributed by atoms with Crippen LogP contribution in [0.25, 0.3) is 0 Å². The molecule has 0 saturated heterocycles. The minimum Gasteiger partial charge on any atom is -0.390 e. The molecule has 1 unspecified atom stereocenters. The molecule has 2 rings (SSSR count). The Morgan fingerprint density at radius 3 is 2.79 bits per heavy atom. The summed E-state index contributed by atoms with van der Waals surface area (Å²) in [7, 11) is 1.71.